The molecule has 80 valence electrons. The molecule has 1 aliphatic carbocycles. The highest BCUT2D eigenvalue weighted by molar-refractivity contribution is 8.00. The predicted octanol–water partition coefficient (Wildman–Crippen LogP) is 2.77. The van der Waals surface area contributed by atoms with Crippen LogP contribution in [0, 0.1) is 0 Å². The highest BCUT2D eigenvalue weighted by Crippen LogP contribution is 2.43. The van der Waals surface area contributed by atoms with Crippen molar-refractivity contribution in [3.63, 3.8) is 0 Å². The van der Waals surface area contributed by atoms with Gasteiger partial charge in [0.25, 0.3) is 0 Å². The van der Waals surface area contributed by atoms with Crippen molar-refractivity contribution in [1.82, 2.24) is 5.32 Å². The van der Waals surface area contributed by atoms with Crippen molar-refractivity contribution in [2.45, 2.75) is 37.1 Å². The summed E-state index contributed by atoms with van der Waals surface area (Å²) in [5.74, 6) is 1.22. The average Bonchev–Trinajstić information content (AvgIpc) is 2.55. The molecule has 1 heterocycles. The maximum atomic E-state index is 3.79. The minimum absolute atomic E-state index is 0.281. The molecule has 2 heteroatoms. The Labute approximate surface area is 95.6 Å². The Morgan fingerprint density at radius 1 is 1.33 bits per heavy atom. The minimum atomic E-state index is 0.281. The molecule has 0 bridgehead atoms. The summed E-state index contributed by atoms with van der Waals surface area (Å²) in [6.07, 6.45) is 1.24. The normalized spacial score (nSPS) is 32.1. The first-order valence-corrected chi connectivity index (χ1v) is 6.68. The van der Waals surface area contributed by atoms with Crippen LogP contribution in [0.15, 0.2) is 24.3 Å². The fourth-order valence-electron chi connectivity index (χ4n) is 2.66. The molecule has 2 atom stereocenters. The lowest BCUT2D eigenvalue weighted by molar-refractivity contribution is 0.357. The Bertz CT molecular complexity index is 386. The molecular weight excluding hydrogens is 202 g/mol. The zero-order chi connectivity index (χ0) is 10.5. The summed E-state index contributed by atoms with van der Waals surface area (Å²) in [6, 6.07) is 9.47. The number of benzene rings is 1. The standard InChI is InChI=1S/C13H17NS/c1-13(2)8-15-11-7-9-5-3-4-6-10(9)12(11)14-13/h3-6,11-12,14H,7-8H2,1-2H3. The molecule has 0 aromatic heterocycles. The van der Waals surface area contributed by atoms with Gasteiger partial charge in [-0.3, -0.25) is 0 Å². The van der Waals surface area contributed by atoms with Crippen LogP contribution in [0.25, 0.3) is 0 Å². The van der Waals surface area contributed by atoms with E-state index in [1.807, 2.05) is 0 Å². The lowest BCUT2D eigenvalue weighted by Crippen LogP contribution is -2.50. The number of hydrogen-bond acceptors (Lipinski definition) is 2. The highest BCUT2D eigenvalue weighted by atomic mass is 32.2. The zero-order valence-corrected chi connectivity index (χ0v) is 10.1. The van der Waals surface area contributed by atoms with E-state index in [9.17, 15) is 0 Å². The van der Waals surface area contributed by atoms with Crippen LogP contribution in [0.5, 0.6) is 0 Å². The summed E-state index contributed by atoms with van der Waals surface area (Å²) in [5, 5.41) is 4.55. The van der Waals surface area contributed by atoms with Gasteiger partial charge < -0.3 is 5.32 Å². The minimum Gasteiger partial charge on any atom is -0.303 e. The summed E-state index contributed by atoms with van der Waals surface area (Å²) in [5.41, 5.74) is 3.36. The fourth-order valence-corrected chi connectivity index (χ4v) is 4.08. The molecular formula is C13H17NS. The Morgan fingerprint density at radius 2 is 2.13 bits per heavy atom. The zero-order valence-electron chi connectivity index (χ0n) is 9.29. The molecule has 1 aliphatic heterocycles. The van der Waals surface area contributed by atoms with Crippen LogP contribution >= 0.6 is 11.8 Å². The number of rotatable bonds is 0. The van der Waals surface area contributed by atoms with Gasteiger partial charge in [-0.25, -0.2) is 0 Å². The molecule has 0 spiro atoms. The van der Waals surface area contributed by atoms with E-state index in [0.29, 0.717) is 6.04 Å². The average molecular weight is 219 g/mol. The molecule has 0 amide bonds. The molecule has 1 N–H and O–H groups in total. The lowest BCUT2D eigenvalue weighted by Gasteiger charge is -2.39. The van der Waals surface area contributed by atoms with Crippen molar-refractivity contribution in [2.75, 3.05) is 5.75 Å². The van der Waals surface area contributed by atoms with E-state index in [2.05, 4.69) is 55.2 Å². The molecule has 1 saturated heterocycles. The van der Waals surface area contributed by atoms with E-state index in [1.165, 1.54) is 17.7 Å². The van der Waals surface area contributed by atoms with Gasteiger partial charge in [-0.2, -0.15) is 11.8 Å². The first-order valence-electron chi connectivity index (χ1n) is 5.63. The molecule has 3 rings (SSSR count). The van der Waals surface area contributed by atoms with Gasteiger partial charge in [-0.1, -0.05) is 24.3 Å². The second-order valence-electron chi connectivity index (χ2n) is 5.26. The second kappa shape index (κ2) is 3.26. The predicted molar refractivity (Wildman–Crippen MR) is 66.3 cm³/mol. The van der Waals surface area contributed by atoms with Crippen LogP contribution in [-0.4, -0.2) is 16.5 Å². The van der Waals surface area contributed by atoms with Gasteiger partial charge in [0, 0.05) is 22.6 Å². The monoisotopic (exact) mass is 219 g/mol. The first kappa shape index (κ1) is 9.73. The summed E-state index contributed by atoms with van der Waals surface area (Å²) in [4.78, 5) is 0. The van der Waals surface area contributed by atoms with Gasteiger partial charge in [0.05, 0.1) is 0 Å². The van der Waals surface area contributed by atoms with Crippen molar-refractivity contribution in [1.29, 1.82) is 0 Å². The SMILES string of the molecule is CC1(C)CSC2Cc3ccccc3C2N1. The Kier molecular flexibility index (Phi) is 2.12. The van der Waals surface area contributed by atoms with Crippen molar-refractivity contribution in [2.24, 2.45) is 0 Å². The quantitative estimate of drug-likeness (QED) is 0.720. The molecule has 0 radical (unpaired) electrons. The first-order chi connectivity index (χ1) is 7.16. The second-order valence-corrected chi connectivity index (χ2v) is 6.49. The summed E-state index contributed by atoms with van der Waals surface area (Å²) >= 11 is 2.13. The van der Waals surface area contributed by atoms with Crippen molar-refractivity contribution in [3.8, 4) is 0 Å². The third-order valence-corrected chi connectivity index (χ3v) is 5.14. The number of nitrogens with one attached hydrogen (secondary N) is 1. The van der Waals surface area contributed by atoms with Crippen LogP contribution in [0.4, 0.5) is 0 Å². The maximum Gasteiger partial charge on any atom is 0.0450 e. The van der Waals surface area contributed by atoms with Crippen LogP contribution < -0.4 is 5.32 Å². The van der Waals surface area contributed by atoms with Gasteiger partial charge >= 0.3 is 0 Å². The maximum absolute atomic E-state index is 3.79. The van der Waals surface area contributed by atoms with Crippen LogP contribution in [0.3, 0.4) is 0 Å². The summed E-state index contributed by atoms with van der Waals surface area (Å²) < 4.78 is 0. The van der Waals surface area contributed by atoms with Crippen molar-refractivity contribution in [3.05, 3.63) is 35.4 Å². The molecule has 0 saturated carbocycles. The van der Waals surface area contributed by atoms with E-state index >= 15 is 0 Å². The molecule has 2 aliphatic rings. The lowest BCUT2D eigenvalue weighted by atomic mass is 10.0. The van der Waals surface area contributed by atoms with E-state index in [-0.39, 0.29) is 5.54 Å². The van der Waals surface area contributed by atoms with Crippen molar-refractivity contribution < 1.29 is 0 Å². The summed E-state index contributed by atoms with van der Waals surface area (Å²) in [6.45, 7) is 4.61. The molecule has 1 nitrogen and oxygen atoms in total. The largest absolute Gasteiger partial charge is 0.303 e. The van der Waals surface area contributed by atoms with Crippen molar-refractivity contribution >= 4 is 11.8 Å². The van der Waals surface area contributed by atoms with Crippen LogP contribution in [0.2, 0.25) is 0 Å². The number of hydrogen-bond donors (Lipinski definition) is 1. The van der Waals surface area contributed by atoms with Crippen LogP contribution in [0.1, 0.15) is 31.0 Å². The van der Waals surface area contributed by atoms with Gasteiger partial charge in [0.2, 0.25) is 0 Å². The number of fused-ring (bicyclic) bond motifs is 3. The fraction of sp³-hybridized carbons (Fsp3) is 0.538. The van der Waals surface area contributed by atoms with Gasteiger partial charge in [0.15, 0.2) is 0 Å². The Balaban J connectivity index is 1.96. The van der Waals surface area contributed by atoms with E-state index in [4.69, 9.17) is 0 Å². The van der Waals surface area contributed by atoms with Crippen LogP contribution in [-0.2, 0) is 6.42 Å². The molecule has 15 heavy (non-hydrogen) atoms. The molecule has 1 aromatic rings. The highest BCUT2D eigenvalue weighted by Gasteiger charge is 2.40. The Hall–Kier alpha value is -0.470. The third kappa shape index (κ3) is 1.60. The van der Waals surface area contributed by atoms with E-state index < -0.39 is 0 Å². The van der Waals surface area contributed by atoms with Gasteiger partial charge in [-0.05, 0) is 31.4 Å². The van der Waals surface area contributed by atoms with Gasteiger partial charge in [0.1, 0.15) is 0 Å². The van der Waals surface area contributed by atoms with E-state index in [1.54, 1.807) is 5.56 Å². The Morgan fingerprint density at radius 3 is 3.00 bits per heavy atom. The van der Waals surface area contributed by atoms with E-state index in [0.717, 1.165) is 5.25 Å². The topological polar surface area (TPSA) is 12.0 Å². The summed E-state index contributed by atoms with van der Waals surface area (Å²) in [7, 11) is 0. The smallest absolute Gasteiger partial charge is 0.0450 e. The molecule has 1 aromatic carbocycles. The molecule has 2 unspecified atom stereocenters. The number of thioether (sulfide) groups is 1. The van der Waals surface area contributed by atoms with Gasteiger partial charge in [-0.15, -0.1) is 0 Å². The molecule has 1 fully saturated rings. The third-order valence-electron chi connectivity index (χ3n) is 3.39.